The molecule has 2 N–H and O–H groups in total. The highest BCUT2D eigenvalue weighted by molar-refractivity contribution is 5.48. The highest BCUT2D eigenvalue weighted by Gasteiger charge is 2.01. The van der Waals surface area contributed by atoms with Gasteiger partial charge in [0, 0.05) is 12.2 Å². The molecule has 1 aromatic rings. The zero-order valence-electron chi connectivity index (χ0n) is 10.4. The van der Waals surface area contributed by atoms with Crippen molar-refractivity contribution in [3.63, 3.8) is 0 Å². The average Bonchev–Trinajstić information content (AvgIpc) is 2.24. The van der Waals surface area contributed by atoms with Crippen molar-refractivity contribution in [3.05, 3.63) is 42.0 Å². The summed E-state index contributed by atoms with van der Waals surface area (Å²) in [5.74, 6) is 0. The second-order valence-electron chi connectivity index (χ2n) is 4.36. The highest BCUT2D eigenvalue weighted by atomic mass is 15.1. The predicted molar refractivity (Wildman–Crippen MR) is 71.4 cm³/mol. The smallest absolute Gasteiger partial charge is 0.0346 e. The first-order valence-electron chi connectivity index (χ1n) is 5.78. The molecule has 0 aliphatic carbocycles. The summed E-state index contributed by atoms with van der Waals surface area (Å²) in [5.41, 5.74) is 9.20. The van der Waals surface area contributed by atoms with Crippen LogP contribution in [0.2, 0.25) is 0 Å². The SMILES string of the molecule is C=CCCCN(C)Cc1ccc(C)c(N)c1. The number of benzene rings is 1. The molecule has 0 spiro atoms. The van der Waals surface area contributed by atoms with Crippen molar-refractivity contribution in [2.45, 2.75) is 26.3 Å². The van der Waals surface area contributed by atoms with E-state index in [0.717, 1.165) is 30.8 Å². The van der Waals surface area contributed by atoms with Crippen LogP contribution in [0.25, 0.3) is 0 Å². The van der Waals surface area contributed by atoms with Crippen LogP contribution in [0.1, 0.15) is 24.0 Å². The minimum atomic E-state index is 0.886. The zero-order chi connectivity index (χ0) is 12.0. The number of nitrogens with zero attached hydrogens (tertiary/aromatic N) is 1. The highest BCUT2D eigenvalue weighted by Crippen LogP contribution is 2.14. The molecule has 1 rings (SSSR count). The van der Waals surface area contributed by atoms with E-state index in [-0.39, 0.29) is 0 Å². The molecule has 1 aromatic carbocycles. The molecule has 16 heavy (non-hydrogen) atoms. The van der Waals surface area contributed by atoms with Crippen LogP contribution in [0, 0.1) is 6.92 Å². The van der Waals surface area contributed by atoms with Gasteiger partial charge in [-0.15, -0.1) is 6.58 Å². The third-order valence-corrected chi connectivity index (χ3v) is 2.74. The van der Waals surface area contributed by atoms with E-state index in [4.69, 9.17) is 5.73 Å². The van der Waals surface area contributed by atoms with Crippen molar-refractivity contribution < 1.29 is 0 Å². The molecular weight excluding hydrogens is 196 g/mol. The average molecular weight is 218 g/mol. The van der Waals surface area contributed by atoms with E-state index in [1.54, 1.807) is 0 Å². The molecule has 0 saturated heterocycles. The van der Waals surface area contributed by atoms with Crippen LogP contribution in [0.15, 0.2) is 30.9 Å². The Kier molecular flexibility index (Phi) is 5.06. The maximum Gasteiger partial charge on any atom is 0.0346 e. The van der Waals surface area contributed by atoms with Crippen LogP contribution >= 0.6 is 0 Å². The predicted octanol–water partition coefficient (Wildman–Crippen LogP) is 2.98. The Bertz CT molecular complexity index is 345. The minimum absolute atomic E-state index is 0.886. The number of rotatable bonds is 6. The van der Waals surface area contributed by atoms with Crippen LogP contribution in [-0.2, 0) is 6.54 Å². The van der Waals surface area contributed by atoms with E-state index in [2.05, 4.69) is 36.7 Å². The first kappa shape index (κ1) is 12.8. The Hall–Kier alpha value is -1.28. The molecule has 0 bridgehead atoms. The monoisotopic (exact) mass is 218 g/mol. The van der Waals surface area contributed by atoms with Crippen LogP contribution in [0.5, 0.6) is 0 Å². The third-order valence-electron chi connectivity index (χ3n) is 2.74. The summed E-state index contributed by atoms with van der Waals surface area (Å²) in [5, 5.41) is 0. The Morgan fingerprint density at radius 3 is 2.81 bits per heavy atom. The molecule has 0 aromatic heterocycles. The van der Waals surface area contributed by atoms with Crippen molar-refractivity contribution in [1.82, 2.24) is 4.90 Å². The van der Waals surface area contributed by atoms with Gasteiger partial charge in [-0.3, -0.25) is 0 Å². The van der Waals surface area contributed by atoms with Crippen LogP contribution in [-0.4, -0.2) is 18.5 Å². The topological polar surface area (TPSA) is 29.3 Å². The molecule has 0 unspecified atom stereocenters. The standard InChI is InChI=1S/C14H22N2/c1-4-5-6-9-16(3)11-13-8-7-12(2)14(15)10-13/h4,7-8,10H,1,5-6,9,11,15H2,2-3H3. The largest absolute Gasteiger partial charge is 0.399 e. The second kappa shape index (κ2) is 6.33. The number of nitrogens with two attached hydrogens (primary N) is 1. The number of nitrogen functional groups attached to an aromatic ring is 1. The van der Waals surface area contributed by atoms with Crippen molar-refractivity contribution in [2.75, 3.05) is 19.3 Å². The molecule has 0 saturated carbocycles. The summed E-state index contributed by atoms with van der Waals surface area (Å²) in [6.07, 6.45) is 4.22. The molecular formula is C14H22N2. The zero-order valence-corrected chi connectivity index (χ0v) is 10.4. The lowest BCUT2D eigenvalue weighted by Gasteiger charge is -2.16. The maximum absolute atomic E-state index is 5.89. The summed E-state index contributed by atoms with van der Waals surface area (Å²) < 4.78 is 0. The quantitative estimate of drug-likeness (QED) is 0.452. The molecule has 0 atom stereocenters. The van der Waals surface area contributed by atoms with Crippen LogP contribution in [0.3, 0.4) is 0 Å². The lowest BCUT2D eigenvalue weighted by Crippen LogP contribution is -2.19. The summed E-state index contributed by atoms with van der Waals surface area (Å²) in [7, 11) is 2.14. The Morgan fingerprint density at radius 1 is 1.44 bits per heavy atom. The first-order chi connectivity index (χ1) is 7.63. The Balaban J connectivity index is 2.46. The van der Waals surface area contributed by atoms with E-state index >= 15 is 0 Å². The number of hydrogen-bond acceptors (Lipinski definition) is 2. The summed E-state index contributed by atoms with van der Waals surface area (Å²) in [4.78, 5) is 2.31. The summed E-state index contributed by atoms with van der Waals surface area (Å²) in [6.45, 7) is 7.82. The molecule has 0 radical (unpaired) electrons. The molecule has 88 valence electrons. The van der Waals surface area contributed by atoms with Gasteiger partial charge < -0.3 is 10.6 Å². The normalized spacial score (nSPS) is 10.7. The Morgan fingerprint density at radius 2 is 2.19 bits per heavy atom. The lowest BCUT2D eigenvalue weighted by atomic mass is 10.1. The fourth-order valence-corrected chi connectivity index (χ4v) is 1.68. The van der Waals surface area contributed by atoms with Gasteiger partial charge in [0.05, 0.1) is 0 Å². The van der Waals surface area contributed by atoms with E-state index in [1.165, 1.54) is 12.0 Å². The van der Waals surface area contributed by atoms with Gasteiger partial charge in [0.1, 0.15) is 0 Å². The first-order valence-corrected chi connectivity index (χ1v) is 5.78. The van der Waals surface area contributed by atoms with Crippen molar-refractivity contribution in [3.8, 4) is 0 Å². The molecule has 0 heterocycles. The summed E-state index contributed by atoms with van der Waals surface area (Å²) >= 11 is 0. The van der Waals surface area contributed by atoms with E-state index in [9.17, 15) is 0 Å². The molecule has 0 aliphatic heterocycles. The van der Waals surface area contributed by atoms with Crippen molar-refractivity contribution in [2.24, 2.45) is 0 Å². The third kappa shape index (κ3) is 4.07. The van der Waals surface area contributed by atoms with Gasteiger partial charge in [0.25, 0.3) is 0 Å². The number of unbranched alkanes of at least 4 members (excludes halogenated alkanes) is 1. The fourth-order valence-electron chi connectivity index (χ4n) is 1.68. The second-order valence-corrected chi connectivity index (χ2v) is 4.36. The lowest BCUT2D eigenvalue weighted by molar-refractivity contribution is 0.323. The van der Waals surface area contributed by atoms with Crippen LogP contribution < -0.4 is 5.73 Å². The maximum atomic E-state index is 5.89. The van der Waals surface area contributed by atoms with Gasteiger partial charge in [-0.25, -0.2) is 0 Å². The van der Waals surface area contributed by atoms with Gasteiger partial charge in [-0.05, 0) is 50.6 Å². The molecule has 2 nitrogen and oxygen atoms in total. The van der Waals surface area contributed by atoms with E-state index in [0.29, 0.717) is 0 Å². The molecule has 2 heteroatoms. The number of hydrogen-bond donors (Lipinski definition) is 1. The Labute approximate surface area is 98.8 Å². The number of anilines is 1. The minimum Gasteiger partial charge on any atom is -0.399 e. The van der Waals surface area contributed by atoms with Gasteiger partial charge in [0.15, 0.2) is 0 Å². The van der Waals surface area contributed by atoms with Gasteiger partial charge >= 0.3 is 0 Å². The fraction of sp³-hybridized carbons (Fsp3) is 0.429. The number of aryl methyl sites for hydroxylation is 1. The number of allylic oxidation sites excluding steroid dienone is 1. The summed E-state index contributed by atoms with van der Waals surface area (Å²) in [6, 6.07) is 6.30. The van der Waals surface area contributed by atoms with E-state index in [1.807, 2.05) is 13.0 Å². The van der Waals surface area contributed by atoms with Gasteiger partial charge in [-0.2, -0.15) is 0 Å². The molecule has 0 aliphatic rings. The molecule has 0 amide bonds. The van der Waals surface area contributed by atoms with Crippen LogP contribution in [0.4, 0.5) is 5.69 Å². The van der Waals surface area contributed by atoms with Crippen molar-refractivity contribution >= 4 is 5.69 Å². The van der Waals surface area contributed by atoms with Crippen molar-refractivity contribution in [1.29, 1.82) is 0 Å². The van der Waals surface area contributed by atoms with E-state index < -0.39 is 0 Å². The molecule has 0 fully saturated rings. The van der Waals surface area contributed by atoms with Gasteiger partial charge in [-0.1, -0.05) is 18.2 Å². The van der Waals surface area contributed by atoms with Gasteiger partial charge in [0.2, 0.25) is 0 Å².